The second-order valence-corrected chi connectivity index (χ2v) is 7.33. The number of urea groups is 1. The molecule has 0 saturated heterocycles. The number of carboxylic acid groups (broad SMARTS) is 1. The van der Waals surface area contributed by atoms with Crippen LogP contribution >= 0.6 is 11.8 Å². The Labute approximate surface area is 122 Å². The molecular weight excluding hydrogens is 304 g/mol. The number of nitrogens with one attached hydrogen (secondary N) is 2. The van der Waals surface area contributed by atoms with Crippen molar-refractivity contribution in [2.75, 3.05) is 30.1 Å². The SMILES string of the molecule is C#CCSCCNC(=O)NC(CCS(C)(=O)=O)C(=O)O. The molecule has 0 aliphatic heterocycles. The summed E-state index contributed by atoms with van der Waals surface area (Å²) >= 11 is 1.46. The fraction of sp³-hybridized carbons (Fsp3) is 0.636. The highest BCUT2D eigenvalue weighted by Gasteiger charge is 2.21. The van der Waals surface area contributed by atoms with Crippen LogP contribution < -0.4 is 10.6 Å². The summed E-state index contributed by atoms with van der Waals surface area (Å²) in [5.41, 5.74) is 0. The molecule has 1 unspecified atom stereocenters. The monoisotopic (exact) mass is 322 g/mol. The van der Waals surface area contributed by atoms with Crippen molar-refractivity contribution in [3.05, 3.63) is 0 Å². The molecule has 9 heteroatoms. The molecule has 0 aromatic heterocycles. The summed E-state index contributed by atoms with van der Waals surface area (Å²) in [6.07, 6.45) is 5.89. The van der Waals surface area contributed by atoms with Gasteiger partial charge in [-0.1, -0.05) is 5.92 Å². The Morgan fingerprint density at radius 2 is 2.10 bits per heavy atom. The number of sulfone groups is 1. The van der Waals surface area contributed by atoms with E-state index in [0.29, 0.717) is 18.1 Å². The van der Waals surface area contributed by atoms with Gasteiger partial charge in [0.15, 0.2) is 0 Å². The van der Waals surface area contributed by atoms with Gasteiger partial charge in [-0.2, -0.15) is 0 Å². The van der Waals surface area contributed by atoms with Crippen molar-refractivity contribution in [3.63, 3.8) is 0 Å². The minimum absolute atomic E-state index is 0.173. The van der Waals surface area contributed by atoms with Crippen molar-refractivity contribution in [2.45, 2.75) is 12.5 Å². The Bertz CT molecular complexity index is 470. The van der Waals surface area contributed by atoms with E-state index in [1.165, 1.54) is 11.8 Å². The lowest BCUT2D eigenvalue weighted by atomic mass is 10.2. The van der Waals surface area contributed by atoms with Gasteiger partial charge in [0.2, 0.25) is 0 Å². The number of aliphatic carboxylic acids is 1. The lowest BCUT2D eigenvalue weighted by Gasteiger charge is -2.14. The van der Waals surface area contributed by atoms with Gasteiger partial charge in [0, 0.05) is 18.6 Å². The van der Waals surface area contributed by atoms with Gasteiger partial charge in [0.25, 0.3) is 0 Å². The molecule has 0 fully saturated rings. The Morgan fingerprint density at radius 1 is 1.45 bits per heavy atom. The smallest absolute Gasteiger partial charge is 0.326 e. The van der Waals surface area contributed by atoms with E-state index in [4.69, 9.17) is 11.5 Å². The third-order valence-corrected chi connectivity index (χ3v) is 3.94. The van der Waals surface area contributed by atoms with Crippen molar-refractivity contribution in [3.8, 4) is 12.3 Å². The van der Waals surface area contributed by atoms with E-state index in [0.717, 1.165) is 6.26 Å². The van der Waals surface area contributed by atoms with Crippen LogP contribution in [0.2, 0.25) is 0 Å². The van der Waals surface area contributed by atoms with Crippen molar-refractivity contribution in [1.82, 2.24) is 10.6 Å². The van der Waals surface area contributed by atoms with Crippen LogP contribution in [0.4, 0.5) is 4.79 Å². The molecule has 0 spiro atoms. The Hall–Kier alpha value is -1.40. The quantitative estimate of drug-likeness (QED) is 0.391. The minimum Gasteiger partial charge on any atom is -0.480 e. The molecular formula is C11H18N2O5S2. The van der Waals surface area contributed by atoms with E-state index in [2.05, 4.69) is 16.6 Å². The van der Waals surface area contributed by atoms with Gasteiger partial charge in [-0.05, 0) is 6.42 Å². The normalized spacial score (nSPS) is 12.2. The van der Waals surface area contributed by atoms with Crippen LogP contribution in [0.5, 0.6) is 0 Å². The second kappa shape index (κ2) is 9.50. The summed E-state index contributed by atoms with van der Waals surface area (Å²) in [7, 11) is -3.27. The zero-order valence-corrected chi connectivity index (χ0v) is 12.7. The first-order chi connectivity index (χ1) is 9.26. The maximum absolute atomic E-state index is 11.4. The number of thioether (sulfide) groups is 1. The van der Waals surface area contributed by atoms with Crippen molar-refractivity contribution < 1.29 is 23.1 Å². The summed E-state index contributed by atoms with van der Waals surface area (Å²) in [4.78, 5) is 22.3. The number of terminal acetylenes is 1. The summed E-state index contributed by atoms with van der Waals surface area (Å²) in [6.45, 7) is 0.344. The van der Waals surface area contributed by atoms with Gasteiger partial charge < -0.3 is 15.7 Å². The molecule has 7 nitrogen and oxygen atoms in total. The highest BCUT2D eigenvalue weighted by molar-refractivity contribution is 7.99. The van der Waals surface area contributed by atoms with E-state index in [9.17, 15) is 18.0 Å². The molecule has 0 aromatic rings. The fourth-order valence-corrected chi connectivity index (χ4v) is 2.34. The zero-order valence-electron chi connectivity index (χ0n) is 11.1. The first kappa shape index (κ1) is 18.6. The van der Waals surface area contributed by atoms with Gasteiger partial charge in [-0.25, -0.2) is 18.0 Å². The molecule has 2 amide bonds. The van der Waals surface area contributed by atoms with Crippen molar-refractivity contribution in [1.29, 1.82) is 0 Å². The first-order valence-corrected chi connectivity index (χ1v) is 8.94. The minimum atomic E-state index is -3.27. The number of rotatable bonds is 9. The largest absolute Gasteiger partial charge is 0.480 e. The van der Waals surface area contributed by atoms with Gasteiger partial charge in [-0.15, -0.1) is 18.2 Å². The van der Waals surface area contributed by atoms with Crippen LogP contribution in [0.15, 0.2) is 0 Å². The van der Waals surface area contributed by atoms with Crippen LogP contribution in [0.25, 0.3) is 0 Å². The third-order valence-electron chi connectivity index (χ3n) is 2.10. The summed E-state index contributed by atoms with van der Waals surface area (Å²) < 4.78 is 22.0. The average molecular weight is 322 g/mol. The molecule has 0 radical (unpaired) electrons. The number of hydrogen-bond donors (Lipinski definition) is 3. The van der Waals surface area contributed by atoms with E-state index in [-0.39, 0.29) is 12.2 Å². The van der Waals surface area contributed by atoms with Crippen LogP contribution in [-0.2, 0) is 14.6 Å². The lowest BCUT2D eigenvalue weighted by Crippen LogP contribution is -2.47. The Morgan fingerprint density at radius 3 is 2.60 bits per heavy atom. The third kappa shape index (κ3) is 10.5. The molecule has 3 N–H and O–H groups in total. The molecule has 0 aromatic carbocycles. The lowest BCUT2D eigenvalue weighted by molar-refractivity contribution is -0.139. The zero-order chi connectivity index (χ0) is 15.6. The Balaban J connectivity index is 4.09. The van der Waals surface area contributed by atoms with Gasteiger partial charge in [-0.3, -0.25) is 0 Å². The Kier molecular flexibility index (Phi) is 8.83. The predicted octanol–water partition coefficient (Wildman–Crippen LogP) is -0.460. The molecule has 0 aliphatic rings. The van der Waals surface area contributed by atoms with Crippen LogP contribution in [0.1, 0.15) is 6.42 Å². The standard InChI is InChI=1S/C11H18N2O5S2/c1-3-6-19-7-5-12-11(16)13-9(10(14)15)4-8-20(2,17)18/h1,9H,4-8H2,2H3,(H,14,15)(H2,12,13,16). The highest BCUT2D eigenvalue weighted by Crippen LogP contribution is 1.98. The summed E-state index contributed by atoms with van der Waals surface area (Å²) in [5, 5.41) is 13.6. The van der Waals surface area contributed by atoms with E-state index in [1.54, 1.807) is 0 Å². The van der Waals surface area contributed by atoms with E-state index in [1.807, 2.05) is 0 Å². The molecule has 0 rings (SSSR count). The predicted molar refractivity (Wildman–Crippen MR) is 78.4 cm³/mol. The molecule has 0 saturated carbocycles. The van der Waals surface area contributed by atoms with Crippen molar-refractivity contribution >= 4 is 33.6 Å². The average Bonchev–Trinajstić information content (AvgIpc) is 2.32. The topological polar surface area (TPSA) is 113 Å². The molecule has 0 heterocycles. The van der Waals surface area contributed by atoms with Crippen LogP contribution in [0, 0.1) is 12.3 Å². The number of amides is 2. The molecule has 1 atom stereocenters. The van der Waals surface area contributed by atoms with Crippen LogP contribution in [0.3, 0.4) is 0 Å². The molecule has 0 aliphatic carbocycles. The second-order valence-electron chi connectivity index (χ2n) is 3.97. The van der Waals surface area contributed by atoms with Gasteiger partial charge in [0.1, 0.15) is 15.9 Å². The highest BCUT2D eigenvalue weighted by atomic mass is 32.2. The fourth-order valence-electron chi connectivity index (χ4n) is 1.17. The molecule has 114 valence electrons. The number of carboxylic acids is 1. The maximum atomic E-state index is 11.4. The van der Waals surface area contributed by atoms with Crippen LogP contribution in [-0.4, -0.2) is 61.6 Å². The van der Waals surface area contributed by atoms with E-state index >= 15 is 0 Å². The van der Waals surface area contributed by atoms with Gasteiger partial charge in [0.05, 0.1) is 11.5 Å². The molecule has 0 bridgehead atoms. The van der Waals surface area contributed by atoms with E-state index < -0.39 is 27.9 Å². The molecule has 20 heavy (non-hydrogen) atoms. The van der Waals surface area contributed by atoms with Gasteiger partial charge >= 0.3 is 12.0 Å². The maximum Gasteiger partial charge on any atom is 0.326 e. The summed E-state index contributed by atoms with van der Waals surface area (Å²) in [6, 6.07) is -1.88. The first-order valence-electron chi connectivity index (χ1n) is 5.72. The number of hydrogen-bond acceptors (Lipinski definition) is 5. The number of carbonyl (C=O) groups excluding carboxylic acids is 1. The number of carbonyl (C=O) groups is 2. The summed E-state index contributed by atoms with van der Waals surface area (Å²) in [5.74, 6) is 2.00. The van der Waals surface area contributed by atoms with Crippen molar-refractivity contribution in [2.24, 2.45) is 0 Å².